The maximum absolute atomic E-state index is 12.1. The van der Waals surface area contributed by atoms with Gasteiger partial charge in [-0.05, 0) is 51.9 Å². The van der Waals surface area contributed by atoms with Gasteiger partial charge in [0.1, 0.15) is 5.15 Å². The molecule has 0 aromatic carbocycles. The Bertz CT molecular complexity index is 692. The number of halogens is 1. The maximum atomic E-state index is 12.1. The summed E-state index contributed by atoms with van der Waals surface area (Å²) >= 11 is 5.94. The predicted octanol–water partition coefficient (Wildman–Crippen LogP) is 1.51. The van der Waals surface area contributed by atoms with Crippen molar-refractivity contribution in [3.05, 3.63) is 23.1 Å². The van der Waals surface area contributed by atoms with Crippen molar-refractivity contribution in [2.75, 3.05) is 13.1 Å². The second-order valence-corrected chi connectivity index (χ2v) is 6.64. The second kappa shape index (κ2) is 6.80. The van der Waals surface area contributed by atoms with E-state index in [1.54, 1.807) is 16.6 Å². The summed E-state index contributed by atoms with van der Waals surface area (Å²) in [4.78, 5) is 14.3. The molecule has 3 rings (SSSR count). The van der Waals surface area contributed by atoms with Crippen LogP contribution < -0.4 is 5.32 Å². The average molecular weight is 337 g/mol. The topological polar surface area (TPSA) is 75.4 Å². The summed E-state index contributed by atoms with van der Waals surface area (Å²) in [7, 11) is 0. The van der Waals surface area contributed by atoms with Crippen LogP contribution in [-0.4, -0.2) is 49.7 Å². The third kappa shape index (κ3) is 3.79. The van der Waals surface area contributed by atoms with Crippen molar-refractivity contribution in [2.45, 2.75) is 39.3 Å². The van der Waals surface area contributed by atoms with Crippen LogP contribution in [0.4, 0.5) is 0 Å². The van der Waals surface area contributed by atoms with Gasteiger partial charge in [0.15, 0.2) is 11.5 Å². The molecule has 1 amide bonds. The van der Waals surface area contributed by atoms with Crippen LogP contribution in [0.5, 0.6) is 0 Å². The lowest BCUT2D eigenvalue weighted by Crippen LogP contribution is -2.42. The highest BCUT2D eigenvalue weighted by Gasteiger charge is 2.26. The Morgan fingerprint density at radius 2 is 2.09 bits per heavy atom. The van der Waals surface area contributed by atoms with Crippen LogP contribution in [0.15, 0.2) is 12.1 Å². The van der Waals surface area contributed by atoms with Crippen molar-refractivity contribution < 1.29 is 4.79 Å². The lowest BCUT2D eigenvalue weighted by atomic mass is 9.95. The number of carbonyl (C=O) groups excluding carboxylic acids is 1. The Kier molecular flexibility index (Phi) is 4.77. The Labute approximate surface area is 140 Å². The second-order valence-electron chi connectivity index (χ2n) is 6.26. The number of fused-ring (bicyclic) bond motifs is 1. The number of nitrogens with one attached hydrogen (secondary N) is 1. The van der Waals surface area contributed by atoms with Gasteiger partial charge in [-0.3, -0.25) is 9.69 Å². The van der Waals surface area contributed by atoms with Gasteiger partial charge < -0.3 is 5.32 Å². The minimum atomic E-state index is 0.108. The Balaban J connectivity index is 1.60. The van der Waals surface area contributed by atoms with Crippen molar-refractivity contribution in [3.63, 3.8) is 0 Å². The molecule has 1 aliphatic heterocycles. The zero-order valence-electron chi connectivity index (χ0n) is 13.4. The first-order valence-electron chi connectivity index (χ1n) is 7.92. The molecule has 2 aromatic heterocycles. The summed E-state index contributed by atoms with van der Waals surface area (Å²) in [5.41, 5.74) is 0.690. The predicted molar refractivity (Wildman–Crippen MR) is 87.1 cm³/mol. The molecular formula is C15H21ClN6O. The van der Waals surface area contributed by atoms with Gasteiger partial charge in [0.25, 0.3) is 0 Å². The number of likely N-dealkylation sites (tertiary alicyclic amines) is 1. The Morgan fingerprint density at radius 3 is 2.78 bits per heavy atom. The molecule has 124 valence electrons. The summed E-state index contributed by atoms with van der Waals surface area (Å²) in [5.74, 6) is 1.05. The third-order valence-electron chi connectivity index (χ3n) is 4.05. The molecule has 23 heavy (non-hydrogen) atoms. The lowest BCUT2D eigenvalue weighted by Gasteiger charge is -2.30. The van der Waals surface area contributed by atoms with Gasteiger partial charge in [0, 0.05) is 12.0 Å². The standard InChI is InChI=1S/C15H21ClN6O/c1-10(2)17-15(23)11-5-7-21(8-6-11)9-14-19-18-13-4-3-12(16)20-22(13)14/h3-4,10-11H,5-9H2,1-2H3,(H,17,23). The first kappa shape index (κ1) is 16.1. The highest BCUT2D eigenvalue weighted by molar-refractivity contribution is 6.29. The molecule has 0 bridgehead atoms. The summed E-state index contributed by atoms with van der Waals surface area (Å²) in [6, 6.07) is 3.70. The van der Waals surface area contributed by atoms with Gasteiger partial charge in [0.05, 0.1) is 6.54 Å². The molecule has 0 unspecified atom stereocenters. The molecule has 0 atom stereocenters. The fraction of sp³-hybridized carbons (Fsp3) is 0.600. The third-order valence-corrected chi connectivity index (χ3v) is 4.25. The van der Waals surface area contributed by atoms with E-state index in [2.05, 4.69) is 25.5 Å². The van der Waals surface area contributed by atoms with Crippen LogP contribution in [-0.2, 0) is 11.3 Å². The number of hydrogen-bond acceptors (Lipinski definition) is 5. The summed E-state index contributed by atoms with van der Waals surface area (Å²) < 4.78 is 1.68. The van der Waals surface area contributed by atoms with E-state index in [1.807, 2.05) is 13.8 Å². The van der Waals surface area contributed by atoms with Crippen molar-refractivity contribution >= 4 is 23.2 Å². The minimum Gasteiger partial charge on any atom is -0.354 e. The highest BCUT2D eigenvalue weighted by Crippen LogP contribution is 2.19. The zero-order chi connectivity index (χ0) is 16.4. The first-order chi connectivity index (χ1) is 11.0. The van der Waals surface area contributed by atoms with E-state index in [1.165, 1.54) is 0 Å². The van der Waals surface area contributed by atoms with E-state index in [0.717, 1.165) is 31.8 Å². The molecule has 2 aromatic rings. The Morgan fingerprint density at radius 1 is 1.35 bits per heavy atom. The monoisotopic (exact) mass is 336 g/mol. The van der Waals surface area contributed by atoms with Crippen molar-refractivity contribution in [1.82, 2.24) is 30.0 Å². The van der Waals surface area contributed by atoms with E-state index in [9.17, 15) is 4.79 Å². The lowest BCUT2D eigenvalue weighted by molar-refractivity contribution is -0.127. The molecule has 3 heterocycles. The largest absolute Gasteiger partial charge is 0.354 e. The molecule has 7 nitrogen and oxygen atoms in total. The van der Waals surface area contributed by atoms with Crippen LogP contribution in [0.1, 0.15) is 32.5 Å². The minimum absolute atomic E-state index is 0.108. The molecule has 1 fully saturated rings. The normalized spacial score (nSPS) is 17.0. The van der Waals surface area contributed by atoms with Crippen LogP contribution >= 0.6 is 11.6 Å². The summed E-state index contributed by atoms with van der Waals surface area (Å²) in [6.07, 6.45) is 1.73. The number of nitrogens with zero attached hydrogens (tertiary/aromatic N) is 5. The van der Waals surface area contributed by atoms with Gasteiger partial charge in [-0.25, -0.2) is 0 Å². The molecule has 0 saturated carbocycles. The number of hydrogen-bond donors (Lipinski definition) is 1. The van der Waals surface area contributed by atoms with Crippen LogP contribution in [0, 0.1) is 5.92 Å². The summed E-state index contributed by atoms with van der Waals surface area (Å²) in [5, 5.41) is 16.0. The number of piperidine rings is 1. The van der Waals surface area contributed by atoms with Crippen LogP contribution in [0.2, 0.25) is 5.15 Å². The fourth-order valence-electron chi connectivity index (χ4n) is 2.87. The SMILES string of the molecule is CC(C)NC(=O)C1CCN(Cc2nnc3ccc(Cl)nn23)CC1. The molecule has 1 saturated heterocycles. The molecule has 0 radical (unpaired) electrons. The van der Waals surface area contributed by atoms with Gasteiger partial charge in [-0.2, -0.15) is 9.61 Å². The van der Waals surface area contributed by atoms with Crippen molar-refractivity contribution in [3.8, 4) is 0 Å². The molecular weight excluding hydrogens is 316 g/mol. The van der Waals surface area contributed by atoms with E-state index >= 15 is 0 Å². The maximum Gasteiger partial charge on any atom is 0.223 e. The molecule has 0 spiro atoms. The number of amides is 1. The van der Waals surface area contributed by atoms with E-state index in [4.69, 9.17) is 11.6 Å². The van der Waals surface area contributed by atoms with Crippen molar-refractivity contribution in [1.29, 1.82) is 0 Å². The van der Waals surface area contributed by atoms with Crippen molar-refractivity contribution in [2.24, 2.45) is 5.92 Å². The Hall–Kier alpha value is -1.73. The van der Waals surface area contributed by atoms with Crippen LogP contribution in [0.3, 0.4) is 0 Å². The molecule has 1 aliphatic rings. The van der Waals surface area contributed by atoms with Gasteiger partial charge in [-0.15, -0.1) is 10.2 Å². The average Bonchev–Trinajstić information content (AvgIpc) is 2.89. The van der Waals surface area contributed by atoms with Gasteiger partial charge in [0.2, 0.25) is 5.91 Å². The van der Waals surface area contributed by atoms with E-state index in [-0.39, 0.29) is 17.9 Å². The molecule has 0 aliphatic carbocycles. The zero-order valence-corrected chi connectivity index (χ0v) is 14.1. The van der Waals surface area contributed by atoms with E-state index in [0.29, 0.717) is 17.3 Å². The molecule has 8 heteroatoms. The van der Waals surface area contributed by atoms with Crippen LogP contribution in [0.25, 0.3) is 5.65 Å². The van der Waals surface area contributed by atoms with Gasteiger partial charge >= 0.3 is 0 Å². The summed E-state index contributed by atoms with van der Waals surface area (Å²) in [6.45, 7) is 6.37. The fourth-order valence-corrected chi connectivity index (χ4v) is 3.00. The van der Waals surface area contributed by atoms with E-state index < -0.39 is 0 Å². The smallest absolute Gasteiger partial charge is 0.223 e. The molecule has 1 N–H and O–H groups in total. The number of aromatic nitrogens is 4. The number of rotatable bonds is 4. The number of carbonyl (C=O) groups is 1. The quantitative estimate of drug-likeness (QED) is 0.916. The highest BCUT2D eigenvalue weighted by atomic mass is 35.5. The first-order valence-corrected chi connectivity index (χ1v) is 8.30. The van der Waals surface area contributed by atoms with Gasteiger partial charge in [-0.1, -0.05) is 11.6 Å².